The zero-order chi connectivity index (χ0) is 20.5. The highest BCUT2D eigenvalue weighted by molar-refractivity contribution is 6.30. The van der Waals surface area contributed by atoms with Gasteiger partial charge in [-0.25, -0.2) is 0 Å². The Bertz CT molecular complexity index is 1250. The predicted octanol–water partition coefficient (Wildman–Crippen LogP) is 5.63. The van der Waals surface area contributed by atoms with Crippen molar-refractivity contribution >= 4 is 28.6 Å². The minimum Gasteiger partial charge on any atom is -0.294 e. The van der Waals surface area contributed by atoms with Gasteiger partial charge in [0.15, 0.2) is 11.6 Å². The van der Waals surface area contributed by atoms with Gasteiger partial charge < -0.3 is 0 Å². The van der Waals surface area contributed by atoms with E-state index in [2.05, 4.69) is 5.43 Å². The maximum atomic E-state index is 13.5. The van der Waals surface area contributed by atoms with Crippen LogP contribution in [0.15, 0.2) is 103 Å². The molecule has 0 aliphatic heterocycles. The molecule has 0 fully saturated rings. The number of hydrazine groups is 1. The van der Waals surface area contributed by atoms with Gasteiger partial charge in [-0.05, 0) is 30.3 Å². The van der Waals surface area contributed by atoms with E-state index in [-0.39, 0.29) is 11.6 Å². The SMILES string of the molecule is O=C1c2ccccc2C(=O)c2c1cccc2N(Nc1ccccc1)c1ccccc1. The van der Waals surface area contributed by atoms with Gasteiger partial charge in [0.25, 0.3) is 0 Å². The molecular formula is C26H18N2O2. The van der Waals surface area contributed by atoms with Crippen LogP contribution in [0.1, 0.15) is 31.8 Å². The summed E-state index contributed by atoms with van der Waals surface area (Å²) < 4.78 is 0. The largest absolute Gasteiger partial charge is 0.294 e. The monoisotopic (exact) mass is 390 g/mol. The topological polar surface area (TPSA) is 49.4 Å². The predicted molar refractivity (Wildman–Crippen MR) is 118 cm³/mol. The first kappa shape index (κ1) is 17.9. The second kappa shape index (κ2) is 7.33. The summed E-state index contributed by atoms with van der Waals surface area (Å²) in [7, 11) is 0. The zero-order valence-electron chi connectivity index (χ0n) is 16.1. The molecule has 0 heterocycles. The van der Waals surface area contributed by atoms with Crippen molar-refractivity contribution in [2.45, 2.75) is 0 Å². The van der Waals surface area contributed by atoms with Crippen LogP contribution in [0.4, 0.5) is 17.1 Å². The summed E-state index contributed by atoms with van der Waals surface area (Å²) in [5.74, 6) is -0.277. The van der Waals surface area contributed by atoms with E-state index in [0.29, 0.717) is 27.9 Å². The quantitative estimate of drug-likeness (QED) is 0.404. The van der Waals surface area contributed by atoms with E-state index in [1.807, 2.05) is 77.8 Å². The van der Waals surface area contributed by atoms with E-state index in [0.717, 1.165) is 11.4 Å². The average Bonchev–Trinajstić information content (AvgIpc) is 2.82. The molecule has 0 radical (unpaired) electrons. The second-order valence-electron chi connectivity index (χ2n) is 7.05. The Morgan fingerprint density at radius 1 is 0.533 bits per heavy atom. The molecule has 1 N–H and O–H groups in total. The number of anilines is 3. The Morgan fingerprint density at radius 3 is 1.80 bits per heavy atom. The lowest BCUT2D eigenvalue weighted by molar-refractivity contribution is 0.0979. The van der Waals surface area contributed by atoms with E-state index < -0.39 is 0 Å². The maximum absolute atomic E-state index is 13.5. The third-order valence-electron chi connectivity index (χ3n) is 5.20. The number of fused-ring (bicyclic) bond motifs is 2. The van der Waals surface area contributed by atoms with E-state index in [9.17, 15) is 9.59 Å². The summed E-state index contributed by atoms with van der Waals surface area (Å²) in [6, 6.07) is 31.9. The van der Waals surface area contributed by atoms with Gasteiger partial charge in [0, 0.05) is 16.7 Å². The highest BCUT2D eigenvalue weighted by Gasteiger charge is 2.33. The first-order chi connectivity index (χ1) is 14.7. The molecule has 0 aromatic heterocycles. The van der Waals surface area contributed by atoms with Gasteiger partial charge >= 0.3 is 0 Å². The second-order valence-corrected chi connectivity index (χ2v) is 7.05. The van der Waals surface area contributed by atoms with Crippen LogP contribution in [0, 0.1) is 0 Å². The molecule has 0 bridgehead atoms. The van der Waals surface area contributed by atoms with E-state index in [1.54, 1.807) is 30.3 Å². The minimum atomic E-state index is -0.147. The number of hydrogen-bond acceptors (Lipinski definition) is 4. The van der Waals surface area contributed by atoms with Gasteiger partial charge in [-0.2, -0.15) is 0 Å². The van der Waals surface area contributed by atoms with Gasteiger partial charge in [-0.1, -0.05) is 72.8 Å². The zero-order valence-corrected chi connectivity index (χ0v) is 16.1. The summed E-state index contributed by atoms with van der Waals surface area (Å²) in [5, 5.41) is 1.85. The van der Waals surface area contributed by atoms with Crippen molar-refractivity contribution in [1.29, 1.82) is 0 Å². The van der Waals surface area contributed by atoms with Crippen molar-refractivity contribution in [1.82, 2.24) is 0 Å². The van der Waals surface area contributed by atoms with E-state index in [1.165, 1.54) is 0 Å². The Kier molecular flexibility index (Phi) is 4.37. The molecular weight excluding hydrogens is 372 g/mol. The van der Waals surface area contributed by atoms with Gasteiger partial charge in [-0.3, -0.25) is 20.0 Å². The fourth-order valence-electron chi connectivity index (χ4n) is 3.80. The highest BCUT2D eigenvalue weighted by Crippen LogP contribution is 2.36. The Morgan fingerprint density at radius 2 is 1.10 bits per heavy atom. The highest BCUT2D eigenvalue weighted by atomic mass is 16.1. The van der Waals surface area contributed by atoms with Crippen molar-refractivity contribution < 1.29 is 9.59 Å². The lowest BCUT2D eigenvalue weighted by Gasteiger charge is -2.30. The fraction of sp³-hybridized carbons (Fsp3) is 0. The molecule has 0 saturated heterocycles. The molecule has 1 aliphatic rings. The molecule has 30 heavy (non-hydrogen) atoms. The number of carbonyl (C=O) groups is 2. The summed E-state index contributed by atoms with van der Waals surface area (Å²) in [6.07, 6.45) is 0. The first-order valence-electron chi connectivity index (χ1n) is 9.72. The summed E-state index contributed by atoms with van der Waals surface area (Å²) in [4.78, 5) is 26.6. The maximum Gasteiger partial charge on any atom is 0.196 e. The molecule has 0 amide bonds. The summed E-state index contributed by atoms with van der Waals surface area (Å²) in [5.41, 5.74) is 7.48. The normalized spacial score (nSPS) is 12.1. The number of nitrogens with zero attached hydrogens (tertiary/aromatic N) is 1. The lowest BCUT2D eigenvalue weighted by atomic mass is 9.83. The molecule has 4 nitrogen and oxygen atoms in total. The molecule has 4 aromatic rings. The van der Waals surface area contributed by atoms with Crippen molar-refractivity contribution in [3.63, 3.8) is 0 Å². The first-order valence-corrected chi connectivity index (χ1v) is 9.72. The van der Waals surface area contributed by atoms with Gasteiger partial charge in [0.2, 0.25) is 0 Å². The third-order valence-corrected chi connectivity index (χ3v) is 5.20. The molecule has 4 aromatic carbocycles. The molecule has 0 saturated carbocycles. The number of carbonyl (C=O) groups excluding carboxylic acids is 2. The van der Waals surface area contributed by atoms with E-state index >= 15 is 0 Å². The molecule has 4 heteroatoms. The number of benzene rings is 4. The van der Waals surface area contributed by atoms with Gasteiger partial charge in [0.1, 0.15) is 0 Å². The van der Waals surface area contributed by atoms with Crippen LogP contribution in [0.2, 0.25) is 0 Å². The smallest absolute Gasteiger partial charge is 0.196 e. The number of hydrogen-bond donors (Lipinski definition) is 1. The molecule has 0 unspecified atom stereocenters. The third kappa shape index (κ3) is 2.95. The molecule has 5 rings (SSSR count). The molecule has 144 valence electrons. The van der Waals surface area contributed by atoms with Crippen molar-refractivity contribution in [2.75, 3.05) is 10.4 Å². The van der Waals surface area contributed by atoms with Crippen LogP contribution in [0.3, 0.4) is 0 Å². The molecule has 0 spiro atoms. The van der Waals surface area contributed by atoms with Crippen LogP contribution in [0.5, 0.6) is 0 Å². The van der Waals surface area contributed by atoms with Crippen molar-refractivity contribution in [3.05, 3.63) is 125 Å². The van der Waals surface area contributed by atoms with Crippen molar-refractivity contribution in [3.8, 4) is 0 Å². The number of ketones is 2. The summed E-state index contributed by atoms with van der Waals surface area (Å²) in [6.45, 7) is 0. The average molecular weight is 390 g/mol. The van der Waals surface area contributed by atoms with Gasteiger partial charge in [0.05, 0.1) is 22.6 Å². The number of para-hydroxylation sites is 2. The van der Waals surface area contributed by atoms with Crippen LogP contribution in [-0.4, -0.2) is 11.6 Å². The minimum absolute atomic E-state index is 0.130. The number of nitrogens with one attached hydrogen (secondary N) is 1. The summed E-state index contributed by atoms with van der Waals surface area (Å²) >= 11 is 0. The molecule has 0 atom stereocenters. The van der Waals surface area contributed by atoms with Crippen LogP contribution >= 0.6 is 0 Å². The standard InChI is InChI=1S/C26H18N2O2/c29-25-20-14-7-8-15-21(20)26(30)24-22(25)16-9-17-23(24)28(19-12-5-2-6-13-19)27-18-10-3-1-4-11-18/h1-17,27H. The van der Waals surface area contributed by atoms with Crippen LogP contribution in [-0.2, 0) is 0 Å². The van der Waals surface area contributed by atoms with Crippen LogP contribution < -0.4 is 10.4 Å². The number of rotatable bonds is 4. The molecule has 1 aliphatic carbocycles. The van der Waals surface area contributed by atoms with Gasteiger partial charge in [-0.15, -0.1) is 0 Å². The fourth-order valence-corrected chi connectivity index (χ4v) is 3.80. The Labute approximate surface area is 174 Å². The Balaban J connectivity index is 1.70. The van der Waals surface area contributed by atoms with Crippen molar-refractivity contribution in [2.24, 2.45) is 0 Å². The van der Waals surface area contributed by atoms with E-state index in [4.69, 9.17) is 0 Å². The van der Waals surface area contributed by atoms with Crippen LogP contribution in [0.25, 0.3) is 0 Å². The lowest BCUT2D eigenvalue weighted by Crippen LogP contribution is -2.29. The Hall–Kier alpha value is -4.18.